The number of halogens is 1. The minimum absolute atomic E-state index is 0.166. The second-order valence-electron chi connectivity index (χ2n) is 11.1. The van der Waals surface area contributed by atoms with Crippen molar-refractivity contribution in [3.05, 3.63) is 41.9 Å². The quantitative estimate of drug-likeness (QED) is 0.0548. The van der Waals surface area contributed by atoms with Gasteiger partial charge in [0.15, 0.2) is 0 Å². The lowest BCUT2D eigenvalue weighted by molar-refractivity contribution is -0.0294. The first-order valence-corrected chi connectivity index (χ1v) is 19.3. The van der Waals surface area contributed by atoms with Crippen LogP contribution in [0.5, 0.6) is 5.75 Å². The molecule has 0 aliphatic rings. The monoisotopic (exact) mass is 678 g/mol. The van der Waals surface area contributed by atoms with Crippen molar-refractivity contribution in [3.63, 3.8) is 0 Å². The van der Waals surface area contributed by atoms with Crippen LogP contribution in [0.15, 0.2) is 36.9 Å². The lowest BCUT2D eigenvalue weighted by Gasteiger charge is -2.19. The molecule has 0 heterocycles. The lowest BCUT2D eigenvalue weighted by atomic mass is 10.0. The van der Waals surface area contributed by atoms with Crippen LogP contribution in [0.3, 0.4) is 0 Å². The van der Waals surface area contributed by atoms with Gasteiger partial charge in [0.25, 0.3) is 0 Å². The number of aliphatic hydroxyl groups excluding tert-OH is 1. The van der Waals surface area contributed by atoms with Crippen molar-refractivity contribution in [3.8, 4) is 5.75 Å². The molecule has 6 nitrogen and oxygen atoms in total. The van der Waals surface area contributed by atoms with E-state index in [-0.39, 0.29) is 12.7 Å². The van der Waals surface area contributed by atoms with E-state index in [1.165, 1.54) is 109 Å². The number of para-hydroxylation sites is 1. The molecule has 45 heavy (non-hydrogen) atoms. The molecule has 0 aliphatic heterocycles. The first-order valence-electron chi connectivity index (χ1n) is 17.8. The SMILES string of the molecule is C=CCOC(COCCCCCCCCCCCCCCCCCC)COP(O)Oc1ccccc1Cl.CCC.CCC.CO. The Labute approximate surface area is 285 Å². The van der Waals surface area contributed by atoms with Crippen molar-refractivity contribution in [2.24, 2.45) is 0 Å². The van der Waals surface area contributed by atoms with Gasteiger partial charge in [0.2, 0.25) is 0 Å². The second kappa shape index (κ2) is 43.3. The zero-order valence-corrected chi connectivity index (χ0v) is 31.7. The number of ether oxygens (including phenoxy) is 2. The standard InChI is InChI=1S/C30H52ClO5P.2C3H8.CH4O/c1-3-5-6-7-8-9-10-11-12-13-14-15-16-17-18-21-25-33-26-28(34-24-4-2)27-35-37(32)36-30-23-20-19-22-29(30)31;2*1-3-2;1-2/h4,19-20,22-23,28,32H,2-3,5-18,21,24-27H2,1H3;2*3H2,1-2H3;2H,1H3. The highest BCUT2D eigenvalue weighted by Crippen LogP contribution is 2.38. The molecule has 1 aromatic carbocycles. The minimum Gasteiger partial charge on any atom is -0.425 e. The molecule has 0 saturated carbocycles. The summed E-state index contributed by atoms with van der Waals surface area (Å²) in [6.07, 6.45) is 25.6. The average molecular weight is 679 g/mol. The van der Waals surface area contributed by atoms with Crippen LogP contribution < -0.4 is 4.52 Å². The van der Waals surface area contributed by atoms with Crippen LogP contribution in [0.4, 0.5) is 0 Å². The van der Waals surface area contributed by atoms with Gasteiger partial charge < -0.3 is 24.0 Å². The number of hydrogen-bond donors (Lipinski definition) is 2. The summed E-state index contributed by atoms with van der Waals surface area (Å²) >= 11 is 6.05. The molecule has 1 aromatic rings. The van der Waals surface area contributed by atoms with Gasteiger partial charge in [0.05, 0.1) is 24.8 Å². The van der Waals surface area contributed by atoms with Crippen LogP contribution in [0, 0.1) is 0 Å². The van der Waals surface area contributed by atoms with Crippen molar-refractivity contribution >= 4 is 20.2 Å². The molecule has 0 saturated heterocycles. The van der Waals surface area contributed by atoms with Crippen molar-refractivity contribution in [1.82, 2.24) is 0 Å². The maximum atomic E-state index is 10.1. The van der Waals surface area contributed by atoms with Gasteiger partial charge in [-0.05, 0) is 18.6 Å². The first kappa shape index (κ1) is 48.7. The predicted molar refractivity (Wildman–Crippen MR) is 198 cm³/mol. The number of rotatable bonds is 27. The predicted octanol–water partition coefficient (Wildman–Crippen LogP) is 12.2. The van der Waals surface area contributed by atoms with E-state index >= 15 is 0 Å². The summed E-state index contributed by atoms with van der Waals surface area (Å²) in [6.45, 7) is 16.1. The van der Waals surface area contributed by atoms with Gasteiger partial charge in [0, 0.05) is 13.7 Å². The zero-order valence-electron chi connectivity index (χ0n) is 30.1. The Hall–Kier alpha value is -0.720. The number of hydrogen-bond acceptors (Lipinski definition) is 6. The van der Waals surface area contributed by atoms with Gasteiger partial charge in [-0.1, -0.05) is 174 Å². The molecule has 0 aliphatic carbocycles. The number of benzene rings is 1. The van der Waals surface area contributed by atoms with Crippen LogP contribution in [-0.4, -0.2) is 49.6 Å². The van der Waals surface area contributed by atoms with Crippen LogP contribution in [0.25, 0.3) is 0 Å². The molecule has 0 bridgehead atoms. The Morgan fingerprint density at radius 2 is 1.18 bits per heavy atom. The van der Waals surface area contributed by atoms with Crippen LogP contribution in [0.1, 0.15) is 150 Å². The highest BCUT2D eigenvalue weighted by molar-refractivity contribution is 7.41. The smallest absolute Gasteiger partial charge is 0.394 e. The Morgan fingerprint density at radius 1 is 0.733 bits per heavy atom. The average Bonchev–Trinajstić information content (AvgIpc) is 3.04. The first-order chi connectivity index (χ1) is 22.0. The van der Waals surface area contributed by atoms with E-state index in [1.807, 2.05) is 0 Å². The number of unbranched alkanes of at least 4 members (excludes halogenated alkanes) is 15. The summed E-state index contributed by atoms with van der Waals surface area (Å²) in [5.74, 6) is 0.390. The maximum Gasteiger partial charge on any atom is 0.394 e. The second-order valence-corrected chi connectivity index (χ2v) is 12.4. The molecule has 0 amide bonds. The number of aliphatic hydroxyl groups is 1. The van der Waals surface area contributed by atoms with Crippen LogP contribution in [-0.2, 0) is 14.0 Å². The van der Waals surface area contributed by atoms with Gasteiger partial charge in [-0.2, -0.15) is 0 Å². The molecule has 8 heteroatoms. The maximum absolute atomic E-state index is 10.1. The molecule has 2 N–H and O–H groups in total. The summed E-state index contributed by atoms with van der Waals surface area (Å²) in [4.78, 5) is 10.1. The normalized spacial score (nSPS) is 11.6. The van der Waals surface area contributed by atoms with E-state index < -0.39 is 8.60 Å². The molecular formula is C37H72ClO6P. The summed E-state index contributed by atoms with van der Waals surface area (Å²) in [6, 6.07) is 6.96. The van der Waals surface area contributed by atoms with Gasteiger partial charge in [-0.25, -0.2) is 0 Å². The lowest BCUT2D eigenvalue weighted by Crippen LogP contribution is -2.25. The molecule has 0 aromatic heterocycles. The highest BCUT2D eigenvalue weighted by Gasteiger charge is 2.16. The molecule has 0 fully saturated rings. The van der Waals surface area contributed by atoms with Crippen LogP contribution in [0.2, 0.25) is 5.02 Å². The van der Waals surface area contributed by atoms with E-state index in [0.29, 0.717) is 30.6 Å². The van der Waals surface area contributed by atoms with Crippen molar-refractivity contribution in [1.29, 1.82) is 0 Å². The van der Waals surface area contributed by atoms with Gasteiger partial charge in [0.1, 0.15) is 11.9 Å². The highest BCUT2D eigenvalue weighted by atomic mass is 35.5. The van der Waals surface area contributed by atoms with E-state index in [2.05, 4.69) is 41.2 Å². The molecule has 2 unspecified atom stereocenters. The fraction of sp³-hybridized carbons (Fsp3) is 0.784. The third-order valence-corrected chi connectivity index (χ3v) is 7.31. The van der Waals surface area contributed by atoms with Gasteiger partial charge >= 0.3 is 8.60 Å². The fourth-order valence-corrected chi connectivity index (χ4v) is 4.99. The largest absolute Gasteiger partial charge is 0.425 e. The summed E-state index contributed by atoms with van der Waals surface area (Å²) in [5, 5.41) is 7.43. The molecule has 268 valence electrons. The van der Waals surface area contributed by atoms with Crippen molar-refractivity contribution in [2.75, 3.05) is 33.5 Å². The molecule has 0 radical (unpaired) electrons. The third kappa shape index (κ3) is 39.4. The Balaban J connectivity index is -0.00000199. The van der Waals surface area contributed by atoms with E-state index in [9.17, 15) is 4.89 Å². The van der Waals surface area contributed by atoms with Gasteiger partial charge in [-0.15, -0.1) is 6.58 Å². The van der Waals surface area contributed by atoms with Crippen molar-refractivity contribution < 1.29 is 28.5 Å². The Kier molecular flexibility index (Phi) is 46.8. The molecule has 2 atom stereocenters. The fourth-order valence-electron chi connectivity index (χ4n) is 4.09. The van der Waals surface area contributed by atoms with E-state index in [1.54, 1.807) is 30.3 Å². The zero-order chi connectivity index (χ0) is 34.2. The van der Waals surface area contributed by atoms with Crippen molar-refractivity contribution in [2.45, 2.75) is 156 Å². The topological polar surface area (TPSA) is 77.4 Å². The van der Waals surface area contributed by atoms with Gasteiger partial charge in [-0.3, -0.25) is 4.52 Å². The summed E-state index contributed by atoms with van der Waals surface area (Å²) in [5.41, 5.74) is 0. The molecular weight excluding hydrogens is 607 g/mol. The Bertz CT molecular complexity index is 680. The summed E-state index contributed by atoms with van der Waals surface area (Å²) < 4.78 is 22.3. The van der Waals surface area contributed by atoms with E-state index in [0.717, 1.165) is 13.5 Å². The summed E-state index contributed by atoms with van der Waals surface area (Å²) in [7, 11) is -1.11. The molecule has 1 rings (SSSR count). The third-order valence-electron chi connectivity index (χ3n) is 6.28. The minimum atomic E-state index is -2.11. The molecule has 0 spiro atoms. The van der Waals surface area contributed by atoms with E-state index in [4.69, 9.17) is 35.2 Å². The van der Waals surface area contributed by atoms with Crippen LogP contribution >= 0.6 is 20.2 Å². The Morgan fingerprint density at radius 3 is 1.62 bits per heavy atom.